The van der Waals surface area contributed by atoms with Gasteiger partial charge < -0.3 is 9.47 Å². The Kier molecular flexibility index (Phi) is 6.10. The van der Waals surface area contributed by atoms with Gasteiger partial charge in [0.2, 0.25) is 5.91 Å². The molecule has 28 heavy (non-hydrogen) atoms. The number of imide groups is 3. The molecule has 0 spiro atoms. The van der Waals surface area contributed by atoms with Gasteiger partial charge in [0, 0.05) is 0 Å². The maximum atomic E-state index is 12.8. The molecule has 1 saturated heterocycles. The first kappa shape index (κ1) is 20.6. The van der Waals surface area contributed by atoms with Crippen molar-refractivity contribution >= 4 is 30.3 Å². The summed E-state index contributed by atoms with van der Waals surface area (Å²) in [5.74, 6) is -2.01. The van der Waals surface area contributed by atoms with Crippen molar-refractivity contribution in [3.05, 3.63) is 35.9 Å². The second-order valence-corrected chi connectivity index (χ2v) is 6.04. The zero-order valence-corrected chi connectivity index (χ0v) is 15.2. The van der Waals surface area contributed by atoms with Gasteiger partial charge in [0.05, 0.1) is 19.6 Å². The zero-order valence-electron chi connectivity index (χ0n) is 15.2. The highest BCUT2D eigenvalue weighted by atomic mass is 16.6. The summed E-state index contributed by atoms with van der Waals surface area (Å²) in [7, 11) is 1.03. The summed E-state index contributed by atoms with van der Waals surface area (Å²) >= 11 is 0. The number of benzene rings is 1. The summed E-state index contributed by atoms with van der Waals surface area (Å²) in [6.45, 7) is 0.873. The fourth-order valence-electron chi connectivity index (χ4n) is 2.64. The van der Waals surface area contributed by atoms with E-state index in [-0.39, 0.29) is 17.8 Å². The Morgan fingerprint density at radius 2 is 1.96 bits per heavy atom. The monoisotopic (exact) mass is 387 g/mol. The number of esters is 1. The number of aldehydes is 1. The van der Waals surface area contributed by atoms with Gasteiger partial charge in [-0.05, 0) is 12.5 Å². The lowest BCUT2D eigenvalue weighted by molar-refractivity contribution is -0.153. The molecule has 0 aromatic heterocycles. The van der Waals surface area contributed by atoms with Gasteiger partial charge in [-0.3, -0.25) is 14.5 Å². The maximum Gasteiger partial charge on any atom is 0.425 e. The summed E-state index contributed by atoms with van der Waals surface area (Å²) < 4.78 is 9.55. The van der Waals surface area contributed by atoms with E-state index in [1.54, 1.807) is 36.4 Å². The first-order valence-electron chi connectivity index (χ1n) is 8.11. The van der Waals surface area contributed by atoms with Crippen LogP contribution in [0.25, 0.3) is 0 Å². The number of carbonyl (C=O) groups is 5. The molecule has 1 aromatic rings. The van der Waals surface area contributed by atoms with Crippen molar-refractivity contribution in [2.75, 3.05) is 7.11 Å². The zero-order chi connectivity index (χ0) is 20.9. The fourth-order valence-corrected chi connectivity index (χ4v) is 2.64. The maximum absolute atomic E-state index is 12.8. The molecule has 1 heterocycles. The molecule has 0 radical (unpaired) electrons. The second kappa shape index (κ2) is 8.30. The van der Waals surface area contributed by atoms with Crippen LogP contribution in [0.1, 0.15) is 18.9 Å². The van der Waals surface area contributed by atoms with E-state index >= 15 is 0 Å². The third-order valence-corrected chi connectivity index (χ3v) is 4.14. The van der Waals surface area contributed by atoms with Crippen LogP contribution in [0, 0.1) is 11.3 Å². The average molecular weight is 387 g/mol. The van der Waals surface area contributed by atoms with Gasteiger partial charge in [0.1, 0.15) is 12.6 Å². The molecule has 2 unspecified atom stereocenters. The first-order chi connectivity index (χ1) is 13.3. The molecular formula is C18H17N3O7. The van der Waals surface area contributed by atoms with Gasteiger partial charge in [0.25, 0.3) is 0 Å². The highest BCUT2D eigenvalue weighted by Crippen LogP contribution is 2.27. The summed E-state index contributed by atoms with van der Waals surface area (Å²) in [6, 6.07) is 7.29. The Morgan fingerprint density at radius 3 is 2.50 bits per heavy atom. The summed E-state index contributed by atoms with van der Waals surface area (Å²) in [4.78, 5) is 61.6. The molecule has 1 aliphatic rings. The number of amides is 4. The number of carbonyl (C=O) groups excluding carboxylic acids is 5. The van der Waals surface area contributed by atoms with Crippen molar-refractivity contribution in [1.29, 1.82) is 5.26 Å². The van der Waals surface area contributed by atoms with Gasteiger partial charge in [-0.2, -0.15) is 10.2 Å². The van der Waals surface area contributed by atoms with E-state index in [1.165, 1.54) is 0 Å². The molecule has 0 N–H and O–H groups in total. The molecule has 4 amide bonds. The van der Waals surface area contributed by atoms with E-state index in [4.69, 9.17) is 4.74 Å². The van der Waals surface area contributed by atoms with Crippen LogP contribution in [0.3, 0.4) is 0 Å². The second-order valence-electron chi connectivity index (χ2n) is 6.04. The van der Waals surface area contributed by atoms with Crippen LogP contribution in [0.15, 0.2) is 30.3 Å². The van der Waals surface area contributed by atoms with Crippen molar-refractivity contribution in [2.45, 2.75) is 31.5 Å². The summed E-state index contributed by atoms with van der Waals surface area (Å²) in [5.41, 5.74) is -1.49. The molecule has 2 rings (SSSR count). The number of nitriles is 1. The first-order valence-corrected chi connectivity index (χ1v) is 8.11. The van der Waals surface area contributed by atoms with Crippen molar-refractivity contribution in [1.82, 2.24) is 9.80 Å². The molecule has 10 nitrogen and oxygen atoms in total. The van der Waals surface area contributed by atoms with E-state index in [0.717, 1.165) is 14.0 Å². The standard InChI is InChI=1S/C18H17N3O7/c1-18(10-19,11-22)21-13(15(24)27-2)8-14(23)20(16(21)25)17(26)28-9-12-6-4-3-5-7-12/h3-7,11,13H,8-9H2,1-2H3. The lowest BCUT2D eigenvalue weighted by Gasteiger charge is -2.42. The fraction of sp³-hybridized carbons (Fsp3) is 0.333. The lowest BCUT2D eigenvalue weighted by Crippen LogP contribution is -2.67. The van der Waals surface area contributed by atoms with E-state index in [9.17, 15) is 29.2 Å². The van der Waals surface area contributed by atoms with Gasteiger partial charge in [-0.25, -0.2) is 14.4 Å². The molecule has 1 aliphatic heterocycles. The van der Waals surface area contributed by atoms with Gasteiger partial charge in [-0.15, -0.1) is 0 Å². The van der Waals surface area contributed by atoms with Crippen LogP contribution in [-0.2, 0) is 30.5 Å². The third kappa shape index (κ3) is 3.83. The van der Waals surface area contributed by atoms with Crippen LogP contribution in [0.2, 0.25) is 0 Å². The van der Waals surface area contributed by atoms with Crippen LogP contribution in [0.4, 0.5) is 9.59 Å². The number of nitrogens with zero attached hydrogens (tertiary/aromatic N) is 3. The topological polar surface area (TPSA) is 134 Å². The van der Waals surface area contributed by atoms with E-state index in [1.807, 2.05) is 0 Å². The molecule has 146 valence electrons. The number of ether oxygens (including phenoxy) is 2. The van der Waals surface area contributed by atoms with Crippen molar-refractivity contribution < 1.29 is 33.4 Å². The van der Waals surface area contributed by atoms with E-state index < -0.39 is 42.0 Å². The highest BCUT2D eigenvalue weighted by Gasteiger charge is 2.53. The summed E-state index contributed by atoms with van der Waals surface area (Å²) in [6.07, 6.45) is -1.79. The largest absolute Gasteiger partial charge is 0.467 e. The van der Waals surface area contributed by atoms with Crippen molar-refractivity contribution in [2.24, 2.45) is 0 Å². The Balaban J connectivity index is 2.31. The molecule has 0 bridgehead atoms. The molecule has 0 aliphatic carbocycles. The minimum Gasteiger partial charge on any atom is -0.467 e. The number of hydrogen-bond donors (Lipinski definition) is 0. The Morgan fingerprint density at radius 1 is 1.32 bits per heavy atom. The number of urea groups is 1. The quantitative estimate of drug-likeness (QED) is 0.539. The minimum atomic E-state index is -2.10. The normalized spacial score (nSPS) is 18.7. The predicted molar refractivity (Wildman–Crippen MR) is 91.2 cm³/mol. The predicted octanol–water partition coefficient (Wildman–Crippen LogP) is 1.00. The van der Waals surface area contributed by atoms with Crippen molar-refractivity contribution in [3.63, 3.8) is 0 Å². The Bertz CT molecular complexity index is 848. The Hall–Kier alpha value is -3.74. The van der Waals surface area contributed by atoms with Crippen molar-refractivity contribution in [3.8, 4) is 6.07 Å². The minimum absolute atomic E-state index is 0.143. The molecule has 2 atom stereocenters. The molecule has 0 saturated carbocycles. The summed E-state index contributed by atoms with van der Waals surface area (Å²) in [5, 5.41) is 9.32. The van der Waals surface area contributed by atoms with E-state index in [0.29, 0.717) is 10.5 Å². The van der Waals surface area contributed by atoms with Crippen LogP contribution >= 0.6 is 0 Å². The number of methoxy groups -OCH3 is 1. The van der Waals surface area contributed by atoms with Crippen LogP contribution in [0.5, 0.6) is 0 Å². The average Bonchev–Trinajstić information content (AvgIpc) is 2.71. The van der Waals surface area contributed by atoms with Crippen LogP contribution < -0.4 is 0 Å². The molecule has 10 heteroatoms. The third-order valence-electron chi connectivity index (χ3n) is 4.14. The number of hydrogen-bond acceptors (Lipinski definition) is 8. The Labute approximate surface area is 160 Å². The molecular weight excluding hydrogens is 370 g/mol. The molecule has 1 aromatic carbocycles. The van der Waals surface area contributed by atoms with Crippen LogP contribution in [-0.4, -0.2) is 58.8 Å². The van der Waals surface area contributed by atoms with Gasteiger partial charge in [-0.1, -0.05) is 30.3 Å². The van der Waals surface area contributed by atoms with Gasteiger partial charge >= 0.3 is 18.1 Å². The number of rotatable bonds is 5. The SMILES string of the molecule is COC(=O)C1CC(=O)N(C(=O)OCc2ccccc2)C(=O)N1C(C)(C#N)C=O. The molecule has 1 fully saturated rings. The lowest BCUT2D eigenvalue weighted by atomic mass is 9.97. The smallest absolute Gasteiger partial charge is 0.425 e. The van der Waals surface area contributed by atoms with Gasteiger partial charge in [0.15, 0.2) is 11.8 Å². The van der Waals surface area contributed by atoms with E-state index in [2.05, 4.69) is 4.74 Å². The highest BCUT2D eigenvalue weighted by molar-refractivity contribution is 6.12.